The number of imide groups is 1. The van der Waals surface area contributed by atoms with E-state index in [0.29, 0.717) is 31.4 Å². The number of carbonyl (C=O) groups excluding carboxylic acids is 4. The van der Waals surface area contributed by atoms with Gasteiger partial charge in [-0.1, -0.05) is 32.3 Å². The second-order valence-corrected chi connectivity index (χ2v) is 9.65. The van der Waals surface area contributed by atoms with E-state index in [-0.39, 0.29) is 11.8 Å². The van der Waals surface area contributed by atoms with E-state index >= 15 is 0 Å². The minimum absolute atomic E-state index is 0.314. The van der Waals surface area contributed by atoms with Gasteiger partial charge in [0.2, 0.25) is 11.8 Å². The van der Waals surface area contributed by atoms with Crippen LogP contribution in [-0.4, -0.2) is 59.4 Å². The Labute approximate surface area is 200 Å². The number of hydrogen-bond acceptors (Lipinski definition) is 5. The van der Waals surface area contributed by atoms with Crippen molar-refractivity contribution in [3.8, 4) is 0 Å². The zero-order chi connectivity index (χ0) is 24.3. The van der Waals surface area contributed by atoms with Crippen molar-refractivity contribution in [2.24, 2.45) is 0 Å². The highest BCUT2D eigenvalue weighted by atomic mass is 16.2. The maximum absolute atomic E-state index is 13.0. The highest BCUT2D eigenvalue weighted by Crippen LogP contribution is 2.35. The van der Waals surface area contributed by atoms with E-state index in [1.54, 1.807) is 0 Å². The van der Waals surface area contributed by atoms with Gasteiger partial charge in [-0.3, -0.25) is 14.4 Å². The molecule has 1 saturated carbocycles. The van der Waals surface area contributed by atoms with Crippen LogP contribution in [0.25, 0.3) is 0 Å². The molecule has 0 radical (unpaired) electrons. The molecule has 184 valence electrons. The molecule has 3 fully saturated rings. The van der Waals surface area contributed by atoms with Crippen molar-refractivity contribution in [3.63, 3.8) is 0 Å². The van der Waals surface area contributed by atoms with Crippen LogP contribution in [-0.2, 0) is 14.4 Å². The van der Waals surface area contributed by atoms with E-state index < -0.39 is 29.6 Å². The Balaban J connectivity index is 1.40. The molecule has 1 aliphatic carbocycles. The molecule has 9 nitrogen and oxygen atoms in total. The van der Waals surface area contributed by atoms with E-state index in [0.717, 1.165) is 49.4 Å². The zero-order valence-corrected chi connectivity index (χ0v) is 20.1. The van der Waals surface area contributed by atoms with Crippen LogP contribution >= 0.6 is 0 Å². The van der Waals surface area contributed by atoms with Crippen molar-refractivity contribution < 1.29 is 19.2 Å². The first-order valence-corrected chi connectivity index (χ1v) is 12.5. The molecule has 1 spiro atoms. The van der Waals surface area contributed by atoms with E-state index in [1.807, 2.05) is 31.2 Å². The summed E-state index contributed by atoms with van der Waals surface area (Å²) < 4.78 is 0. The summed E-state index contributed by atoms with van der Waals surface area (Å²) in [5.41, 5.74) is 0.876. The lowest BCUT2D eigenvalue weighted by molar-refractivity contribution is -0.138. The number of amides is 5. The minimum Gasteiger partial charge on any atom is -0.371 e. The average Bonchev–Trinajstić information content (AvgIpc) is 3.56. The summed E-state index contributed by atoms with van der Waals surface area (Å²) in [4.78, 5) is 54.9. The third-order valence-corrected chi connectivity index (χ3v) is 7.21. The zero-order valence-electron chi connectivity index (χ0n) is 20.1. The van der Waals surface area contributed by atoms with Gasteiger partial charge in [0.1, 0.15) is 17.6 Å². The predicted octanol–water partition coefficient (Wildman–Crippen LogP) is 2.76. The minimum atomic E-state index is -1.00. The number of hydrogen-bond donors (Lipinski definition) is 3. The van der Waals surface area contributed by atoms with Gasteiger partial charge in [-0.2, -0.15) is 0 Å². The summed E-state index contributed by atoms with van der Waals surface area (Å²) in [6, 6.07) is 5.42. The van der Waals surface area contributed by atoms with Crippen molar-refractivity contribution in [2.75, 3.05) is 23.3 Å². The summed E-state index contributed by atoms with van der Waals surface area (Å²) >= 11 is 0. The lowest BCUT2D eigenvalue weighted by atomic mass is 9.97. The number of urea groups is 1. The van der Waals surface area contributed by atoms with Gasteiger partial charge in [-0.15, -0.1) is 0 Å². The lowest BCUT2D eigenvalue weighted by Gasteiger charge is -2.26. The first kappa shape index (κ1) is 24.0. The maximum atomic E-state index is 13.0. The Kier molecular flexibility index (Phi) is 7.09. The van der Waals surface area contributed by atoms with Gasteiger partial charge in [0, 0.05) is 24.5 Å². The number of carbonyl (C=O) groups is 4. The quantitative estimate of drug-likeness (QED) is 0.507. The normalized spacial score (nSPS) is 21.0. The Morgan fingerprint density at radius 1 is 1.09 bits per heavy atom. The lowest BCUT2D eigenvalue weighted by Crippen LogP contribution is -2.53. The number of nitrogens with one attached hydrogen (secondary N) is 3. The van der Waals surface area contributed by atoms with Gasteiger partial charge in [0.05, 0.1) is 0 Å². The molecule has 4 rings (SSSR count). The highest BCUT2D eigenvalue weighted by molar-refractivity contribution is 6.10. The first-order valence-electron chi connectivity index (χ1n) is 12.5. The van der Waals surface area contributed by atoms with Crippen molar-refractivity contribution in [2.45, 2.75) is 82.8 Å². The average molecular weight is 470 g/mol. The van der Waals surface area contributed by atoms with Gasteiger partial charge in [0.25, 0.3) is 5.91 Å². The second kappa shape index (κ2) is 10.0. The summed E-state index contributed by atoms with van der Waals surface area (Å²) in [6.07, 6.45) is 6.40. The Morgan fingerprint density at radius 2 is 1.79 bits per heavy atom. The molecule has 0 bridgehead atoms. The third-order valence-electron chi connectivity index (χ3n) is 7.21. The van der Waals surface area contributed by atoms with E-state index in [9.17, 15) is 19.2 Å². The van der Waals surface area contributed by atoms with Crippen LogP contribution in [0.3, 0.4) is 0 Å². The van der Waals surface area contributed by atoms with Crippen LogP contribution in [0.4, 0.5) is 16.2 Å². The summed E-state index contributed by atoms with van der Waals surface area (Å²) in [6.45, 7) is 5.48. The second-order valence-electron chi connectivity index (χ2n) is 9.65. The molecule has 0 aromatic heterocycles. The summed E-state index contributed by atoms with van der Waals surface area (Å²) in [7, 11) is 0. The van der Waals surface area contributed by atoms with Gasteiger partial charge in [-0.05, 0) is 57.2 Å². The van der Waals surface area contributed by atoms with Gasteiger partial charge in [0.15, 0.2) is 0 Å². The maximum Gasteiger partial charge on any atom is 0.325 e. The monoisotopic (exact) mass is 469 g/mol. The molecule has 5 amide bonds. The molecule has 34 heavy (non-hydrogen) atoms. The molecule has 9 heteroatoms. The van der Waals surface area contributed by atoms with Gasteiger partial charge in [-0.25, -0.2) is 9.69 Å². The molecule has 3 aliphatic rings. The fourth-order valence-corrected chi connectivity index (χ4v) is 5.26. The van der Waals surface area contributed by atoms with E-state index in [1.165, 1.54) is 6.92 Å². The van der Waals surface area contributed by atoms with Crippen LogP contribution in [0.15, 0.2) is 24.3 Å². The molecule has 1 aromatic carbocycles. The van der Waals surface area contributed by atoms with Crippen LogP contribution in [0, 0.1) is 0 Å². The topological polar surface area (TPSA) is 111 Å². The number of nitrogens with zero attached hydrogens (tertiary/aromatic N) is 2. The van der Waals surface area contributed by atoms with Crippen molar-refractivity contribution in [3.05, 3.63) is 24.3 Å². The number of benzene rings is 1. The van der Waals surface area contributed by atoms with Crippen molar-refractivity contribution in [1.82, 2.24) is 15.5 Å². The molecule has 2 heterocycles. The van der Waals surface area contributed by atoms with Crippen LogP contribution in [0.5, 0.6) is 0 Å². The molecular weight excluding hydrogens is 434 g/mol. The van der Waals surface area contributed by atoms with Crippen molar-refractivity contribution >= 4 is 35.1 Å². The number of rotatable bonds is 8. The Bertz CT molecular complexity index is 952. The molecule has 3 N–H and O–H groups in total. The SMILES string of the molecule is CCCC(NC(=O)C(C)N1C(=O)NC2(CCCC2)C1=O)C(=O)Nc1cccc(N2CCCC2)c1. The third kappa shape index (κ3) is 4.74. The molecule has 1 aromatic rings. The number of anilines is 2. The standard InChI is InChI=1S/C25H35N5O4/c1-3-9-20(22(32)26-18-10-8-11-19(16-18)29-14-6-7-15-29)27-21(31)17(2)30-23(33)25(28-24(30)34)12-4-5-13-25/h8,10-11,16-17,20H,3-7,9,12-15H2,1-2H3,(H,26,32)(H,27,31)(H,28,34). The highest BCUT2D eigenvalue weighted by Gasteiger charge is 2.54. The van der Waals surface area contributed by atoms with E-state index in [2.05, 4.69) is 20.9 Å². The van der Waals surface area contributed by atoms with Crippen molar-refractivity contribution in [1.29, 1.82) is 0 Å². The molecule has 2 atom stereocenters. The summed E-state index contributed by atoms with van der Waals surface area (Å²) in [5.74, 6) is -1.17. The van der Waals surface area contributed by atoms with E-state index in [4.69, 9.17) is 0 Å². The van der Waals surface area contributed by atoms with Gasteiger partial charge >= 0.3 is 6.03 Å². The van der Waals surface area contributed by atoms with Crippen LogP contribution in [0.2, 0.25) is 0 Å². The predicted molar refractivity (Wildman–Crippen MR) is 129 cm³/mol. The molecule has 2 aliphatic heterocycles. The van der Waals surface area contributed by atoms with Crippen LogP contribution < -0.4 is 20.9 Å². The first-order chi connectivity index (χ1) is 16.3. The fraction of sp³-hybridized carbons (Fsp3) is 0.600. The fourth-order valence-electron chi connectivity index (χ4n) is 5.26. The van der Waals surface area contributed by atoms with Crippen LogP contribution in [0.1, 0.15) is 65.2 Å². The van der Waals surface area contributed by atoms with Gasteiger partial charge < -0.3 is 20.9 Å². The smallest absolute Gasteiger partial charge is 0.325 e. The Morgan fingerprint density at radius 3 is 2.47 bits per heavy atom. The molecule has 2 saturated heterocycles. The largest absolute Gasteiger partial charge is 0.371 e. The molecule has 2 unspecified atom stereocenters. The molecular formula is C25H35N5O4. The Hall–Kier alpha value is -3.10. The summed E-state index contributed by atoms with van der Waals surface area (Å²) in [5, 5.41) is 8.49.